The average molecular weight is 366 g/mol. The summed E-state index contributed by atoms with van der Waals surface area (Å²) in [4.78, 5) is 5.22. The van der Waals surface area contributed by atoms with E-state index in [1.165, 1.54) is 6.20 Å². The van der Waals surface area contributed by atoms with Crippen LogP contribution in [0.2, 0.25) is 0 Å². The SMILES string of the molecule is C[NH+]=C1/C=C\CC(N/C=C/C=C\C=C\N)c2ccc(N(C)C)cc2O/C=C/1. The molecule has 27 heavy (non-hydrogen) atoms. The number of hydrogen-bond donors (Lipinski definition) is 3. The molecule has 0 fully saturated rings. The van der Waals surface area contributed by atoms with E-state index in [2.05, 4.69) is 45.6 Å². The van der Waals surface area contributed by atoms with E-state index in [0.29, 0.717) is 0 Å². The van der Waals surface area contributed by atoms with Crippen LogP contribution in [-0.2, 0) is 0 Å². The summed E-state index contributed by atoms with van der Waals surface area (Å²) < 4.78 is 5.97. The lowest BCUT2D eigenvalue weighted by molar-refractivity contribution is -0.417. The number of nitrogens with one attached hydrogen (secondary N) is 2. The van der Waals surface area contributed by atoms with Crippen molar-refractivity contribution in [3.05, 3.63) is 85.0 Å². The van der Waals surface area contributed by atoms with Crippen LogP contribution in [0.15, 0.2) is 79.4 Å². The Morgan fingerprint density at radius 2 is 2.00 bits per heavy atom. The number of anilines is 1. The molecule has 0 saturated carbocycles. The summed E-state index contributed by atoms with van der Waals surface area (Å²) in [6, 6.07) is 6.38. The van der Waals surface area contributed by atoms with Gasteiger partial charge < -0.3 is 20.7 Å². The van der Waals surface area contributed by atoms with Gasteiger partial charge >= 0.3 is 0 Å². The molecule has 1 aliphatic rings. The summed E-state index contributed by atoms with van der Waals surface area (Å²) >= 11 is 0. The van der Waals surface area contributed by atoms with Crippen LogP contribution in [0.1, 0.15) is 18.0 Å². The number of fused-ring (bicyclic) bond motifs is 1. The fourth-order valence-corrected chi connectivity index (χ4v) is 2.63. The van der Waals surface area contributed by atoms with Crippen LogP contribution in [0.5, 0.6) is 5.75 Å². The molecule has 0 bridgehead atoms. The third-order valence-corrected chi connectivity index (χ3v) is 4.13. The molecular formula is C22H29N4O+. The van der Waals surface area contributed by atoms with Gasteiger partial charge in [0.2, 0.25) is 5.71 Å². The molecule has 4 N–H and O–H groups in total. The number of rotatable bonds is 5. The van der Waals surface area contributed by atoms with Crippen molar-refractivity contribution in [2.24, 2.45) is 5.73 Å². The first-order valence-corrected chi connectivity index (χ1v) is 8.97. The summed E-state index contributed by atoms with van der Waals surface area (Å²) in [7, 11) is 5.94. The van der Waals surface area contributed by atoms with Crippen molar-refractivity contribution in [3.63, 3.8) is 0 Å². The number of hydrogen-bond acceptors (Lipinski definition) is 4. The summed E-state index contributed by atoms with van der Waals surface area (Å²) in [5.41, 5.74) is 8.52. The third kappa shape index (κ3) is 6.22. The minimum absolute atomic E-state index is 0.0896. The van der Waals surface area contributed by atoms with E-state index in [0.717, 1.165) is 29.1 Å². The second kappa shape index (κ2) is 10.7. The summed E-state index contributed by atoms with van der Waals surface area (Å²) in [6.07, 6.45) is 19.7. The van der Waals surface area contributed by atoms with Crippen LogP contribution in [0.3, 0.4) is 0 Å². The molecule has 2 rings (SSSR count). The lowest BCUT2D eigenvalue weighted by atomic mass is 10.0. The van der Waals surface area contributed by atoms with E-state index in [1.54, 1.807) is 12.3 Å². The topological polar surface area (TPSA) is 64.5 Å². The molecule has 0 aliphatic carbocycles. The van der Waals surface area contributed by atoms with Crippen molar-refractivity contribution in [1.82, 2.24) is 5.32 Å². The highest BCUT2D eigenvalue weighted by atomic mass is 16.5. The van der Waals surface area contributed by atoms with Gasteiger partial charge in [0.25, 0.3) is 0 Å². The van der Waals surface area contributed by atoms with Crippen molar-refractivity contribution in [3.8, 4) is 5.75 Å². The van der Waals surface area contributed by atoms with E-state index in [-0.39, 0.29) is 6.04 Å². The zero-order valence-electron chi connectivity index (χ0n) is 16.2. The van der Waals surface area contributed by atoms with Gasteiger partial charge in [-0.3, -0.25) is 0 Å². The molecule has 1 aromatic carbocycles. The third-order valence-electron chi connectivity index (χ3n) is 4.13. The van der Waals surface area contributed by atoms with Crippen molar-refractivity contribution >= 4 is 11.4 Å². The Kier molecular flexibility index (Phi) is 7.97. The second-order valence-electron chi connectivity index (χ2n) is 6.23. The van der Waals surface area contributed by atoms with Gasteiger partial charge in [0.05, 0.1) is 12.3 Å². The molecule has 1 unspecified atom stereocenters. The van der Waals surface area contributed by atoms with Crippen molar-refractivity contribution in [2.75, 3.05) is 26.0 Å². The van der Waals surface area contributed by atoms with E-state index in [1.807, 2.05) is 51.6 Å². The number of allylic oxidation sites excluding steroid dienone is 6. The fraction of sp³-hybridized carbons (Fsp3) is 0.227. The van der Waals surface area contributed by atoms with Crippen LogP contribution in [0.4, 0.5) is 5.69 Å². The molecule has 142 valence electrons. The maximum Gasteiger partial charge on any atom is 0.200 e. The zero-order chi connectivity index (χ0) is 19.5. The standard InChI is InChI=1S/C22H28N4O/c1-24-18-9-8-10-21(25-15-7-5-4-6-14-23)20-12-11-19(26(2)3)17-22(20)27-16-13-18/h4-9,11-17,21,25H,10,23H2,1-3H3/p+1/b5-4-,9-8-,14-6+,15-7+,16-13+,24-18?. The molecule has 0 saturated heterocycles. The van der Waals surface area contributed by atoms with Crippen molar-refractivity contribution in [2.45, 2.75) is 12.5 Å². The van der Waals surface area contributed by atoms with Crippen LogP contribution < -0.4 is 25.7 Å². The molecule has 1 aromatic rings. The van der Waals surface area contributed by atoms with Gasteiger partial charge in [-0.1, -0.05) is 24.3 Å². The van der Waals surface area contributed by atoms with Gasteiger partial charge in [0.15, 0.2) is 0 Å². The van der Waals surface area contributed by atoms with E-state index < -0.39 is 0 Å². The molecule has 5 nitrogen and oxygen atoms in total. The number of ether oxygens (including phenoxy) is 1. The molecule has 0 radical (unpaired) electrons. The molecular weight excluding hydrogens is 336 g/mol. The van der Waals surface area contributed by atoms with Gasteiger partial charge in [-0.05, 0) is 37.0 Å². The Hall–Kier alpha value is -3.21. The van der Waals surface area contributed by atoms with Gasteiger partial charge in [-0.25, -0.2) is 4.99 Å². The quantitative estimate of drug-likeness (QED) is 0.698. The highest BCUT2D eigenvalue weighted by molar-refractivity contribution is 5.99. The molecule has 0 aromatic heterocycles. The Balaban J connectivity index is 2.32. The maximum atomic E-state index is 5.97. The highest BCUT2D eigenvalue weighted by Crippen LogP contribution is 2.32. The normalized spacial score (nSPS) is 21.3. The van der Waals surface area contributed by atoms with Crippen molar-refractivity contribution < 1.29 is 9.73 Å². The predicted octanol–water partition coefficient (Wildman–Crippen LogP) is 1.93. The van der Waals surface area contributed by atoms with Gasteiger partial charge in [-0.2, -0.15) is 0 Å². The first kappa shape index (κ1) is 20.1. The smallest absolute Gasteiger partial charge is 0.200 e. The number of nitrogens with zero attached hydrogens (tertiary/aromatic N) is 1. The van der Waals surface area contributed by atoms with E-state index in [4.69, 9.17) is 10.5 Å². The predicted molar refractivity (Wildman–Crippen MR) is 114 cm³/mol. The largest absolute Gasteiger partial charge is 0.464 e. The number of nitrogens with two attached hydrogens (primary N) is 1. The molecule has 0 spiro atoms. The Bertz CT molecular complexity index is 786. The van der Waals surface area contributed by atoms with Gasteiger partial charge in [-0.15, -0.1) is 0 Å². The number of benzene rings is 1. The van der Waals surface area contributed by atoms with Crippen LogP contribution in [0.25, 0.3) is 0 Å². The zero-order valence-corrected chi connectivity index (χ0v) is 16.2. The van der Waals surface area contributed by atoms with Gasteiger partial charge in [0.1, 0.15) is 12.8 Å². The van der Waals surface area contributed by atoms with Gasteiger partial charge in [0, 0.05) is 43.6 Å². The lowest BCUT2D eigenvalue weighted by Crippen LogP contribution is -2.66. The maximum absolute atomic E-state index is 5.97. The molecule has 1 aliphatic heterocycles. The molecule has 1 heterocycles. The lowest BCUT2D eigenvalue weighted by Gasteiger charge is -2.22. The van der Waals surface area contributed by atoms with Crippen molar-refractivity contribution in [1.29, 1.82) is 0 Å². The first-order valence-electron chi connectivity index (χ1n) is 8.97. The summed E-state index contributed by atoms with van der Waals surface area (Å²) in [5, 5.41) is 3.47. The minimum atomic E-state index is 0.0896. The second-order valence-corrected chi connectivity index (χ2v) is 6.23. The van der Waals surface area contributed by atoms with Crippen LogP contribution in [-0.4, -0.2) is 26.9 Å². The molecule has 1 atom stereocenters. The highest BCUT2D eigenvalue weighted by Gasteiger charge is 2.16. The Morgan fingerprint density at radius 1 is 1.19 bits per heavy atom. The van der Waals surface area contributed by atoms with Crippen LogP contribution >= 0.6 is 0 Å². The fourth-order valence-electron chi connectivity index (χ4n) is 2.63. The average Bonchev–Trinajstić information content (AvgIpc) is 2.68. The van der Waals surface area contributed by atoms with Crippen LogP contribution in [0, 0.1) is 0 Å². The molecule has 0 amide bonds. The Labute approximate surface area is 161 Å². The monoisotopic (exact) mass is 365 g/mol. The van der Waals surface area contributed by atoms with E-state index in [9.17, 15) is 0 Å². The summed E-state index contributed by atoms with van der Waals surface area (Å²) in [6.45, 7) is 0. The first-order chi connectivity index (χ1) is 13.2. The van der Waals surface area contributed by atoms with E-state index >= 15 is 0 Å². The minimum Gasteiger partial charge on any atom is -0.464 e. The Morgan fingerprint density at radius 3 is 2.74 bits per heavy atom. The molecule has 5 heteroatoms. The summed E-state index contributed by atoms with van der Waals surface area (Å²) in [5.74, 6) is 0.843.